The number of halogens is 1. The quantitative estimate of drug-likeness (QED) is 0.528. The number of hydrogen-bond donors (Lipinski definition) is 1. The molecule has 2 amide bonds. The van der Waals surface area contributed by atoms with Crippen LogP contribution in [0, 0.1) is 13.8 Å². The number of benzene rings is 2. The zero-order chi connectivity index (χ0) is 26.6. The van der Waals surface area contributed by atoms with Gasteiger partial charge < -0.3 is 10.2 Å². The van der Waals surface area contributed by atoms with Crippen LogP contribution in [0.25, 0.3) is 0 Å². The van der Waals surface area contributed by atoms with E-state index < -0.39 is 34.1 Å². The molecule has 0 saturated heterocycles. The lowest BCUT2D eigenvalue weighted by atomic mass is 10.0. The standard InChI is InChI=1S/C26H36ClN3O4S/c1-8-22(25(32)28-26(4,5)6)29(16-20-13-10-9-12-18(20)2)24(31)17-30(35(7,33)34)23-15-11-14-21(27)19(23)3/h9-15,22H,8,16-17H2,1-7H3,(H,28,32)/t22-/m1/s1. The van der Waals surface area contributed by atoms with Crippen LogP contribution in [0.3, 0.4) is 0 Å². The molecule has 1 atom stereocenters. The van der Waals surface area contributed by atoms with Crippen LogP contribution in [0.15, 0.2) is 42.5 Å². The first-order valence-corrected chi connectivity index (χ1v) is 13.8. The Morgan fingerprint density at radius 1 is 1.06 bits per heavy atom. The van der Waals surface area contributed by atoms with Gasteiger partial charge in [0.05, 0.1) is 11.9 Å². The van der Waals surface area contributed by atoms with Gasteiger partial charge in [0, 0.05) is 17.1 Å². The first-order valence-electron chi connectivity index (χ1n) is 11.5. The molecule has 0 spiro atoms. The van der Waals surface area contributed by atoms with E-state index in [2.05, 4.69) is 5.32 Å². The van der Waals surface area contributed by atoms with Gasteiger partial charge in [0.25, 0.3) is 0 Å². The van der Waals surface area contributed by atoms with Gasteiger partial charge in [-0.2, -0.15) is 0 Å². The summed E-state index contributed by atoms with van der Waals surface area (Å²) in [6.45, 7) is 10.8. The maximum Gasteiger partial charge on any atom is 0.244 e. The molecule has 2 aromatic rings. The predicted octanol–water partition coefficient (Wildman–Crippen LogP) is 4.44. The van der Waals surface area contributed by atoms with Crippen LogP contribution in [-0.2, 0) is 26.2 Å². The largest absolute Gasteiger partial charge is 0.350 e. The highest BCUT2D eigenvalue weighted by Crippen LogP contribution is 2.28. The molecule has 0 saturated carbocycles. The minimum Gasteiger partial charge on any atom is -0.350 e. The van der Waals surface area contributed by atoms with E-state index >= 15 is 0 Å². The summed E-state index contributed by atoms with van der Waals surface area (Å²) in [4.78, 5) is 28.4. The summed E-state index contributed by atoms with van der Waals surface area (Å²) < 4.78 is 26.6. The van der Waals surface area contributed by atoms with E-state index in [9.17, 15) is 18.0 Å². The van der Waals surface area contributed by atoms with Crippen LogP contribution in [0.4, 0.5) is 5.69 Å². The first-order chi connectivity index (χ1) is 16.2. The molecule has 0 aliphatic rings. The highest BCUT2D eigenvalue weighted by atomic mass is 35.5. The number of nitrogens with zero attached hydrogens (tertiary/aromatic N) is 2. The molecule has 0 bridgehead atoms. The van der Waals surface area contributed by atoms with Gasteiger partial charge in [-0.25, -0.2) is 8.42 Å². The fraction of sp³-hybridized carbons (Fsp3) is 0.462. The number of aryl methyl sites for hydroxylation is 1. The summed E-state index contributed by atoms with van der Waals surface area (Å²) in [6.07, 6.45) is 1.42. The van der Waals surface area contributed by atoms with E-state index in [1.807, 2.05) is 58.9 Å². The number of hydrogen-bond acceptors (Lipinski definition) is 4. The molecule has 1 N–H and O–H groups in total. The molecule has 0 heterocycles. The van der Waals surface area contributed by atoms with Crippen molar-refractivity contribution >= 4 is 39.1 Å². The van der Waals surface area contributed by atoms with Crippen molar-refractivity contribution in [3.05, 3.63) is 64.2 Å². The number of carbonyl (C=O) groups is 2. The van der Waals surface area contributed by atoms with Crippen LogP contribution in [0.5, 0.6) is 0 Å². The molecule has 2 aromatic carbocycles. The summed E-state index contributed by atoms with van der Waals surface area (Å²) in [5, 5.41) is 3.36. The second-order valence-electron chi connectivity index (χ2n) is 9.77. The Bertz CT molecular complexity index is 1180. The average Bonchev–Trinajstić information content (AvgIpc) is 2.73. The Kier molecular flexibility index (Phi) is 9.36. The van der Waals surface area contributed by atoms with Crippen LogP contribution in [-0.4, -0.2) is 49.5 Å². The minimum absolute atomic E-state index is 0.174. The Hall–Kier alpha value is -2.58. The zero-order valence-electron chi connectivity index (χ0n) is 21.6. The second kappa shape index (κ2) is 11.4. The average molecular weight is 522 g/mol. The Labute approximate surface area is 214 Å². The van der Waals surface area contributed by atoms with E-state index in [4.69, 9.17) is 11.6 Å². The third-order valence-corrected chi connectivity index (χ3v) is 7.21. The highest BCUT2D eigenvalue weighted by Gasteiger charge is 2.33. The molecule has 7 nitrogen and oxygen atoms in total. The summed E-state index contributed by atoms with van der Waals surface area (Å²) in [7, 11) is -3.82. The fourth-order valence-electron chi connectivity index (χ4n) is 3.80. The maximum atomic E-state index is 13.8. The second-order valence-corrected chi connectivity index (χ2v) is 12.1. The van der Waals surface area contributed by atoms with Crippen molar-refractivity contribution < 1.29 is 18.0 Å². The van der Waals surface area contributed by atoms with E-state index in [-0.39, 0.29) is 12.5 Å². The SMILES string of the molecule is CC[C@H](C(=O)NC(C)(C)C)N(Cc1ccccc1C)C(=O)CN(c1cccc(Cl)c1C)S(C)(=O)=O. The molecule has 0 aromatic heterocycles. The molecule has 0 radical (unpaired) electrons. The minimum atomic E-state index is -3.82. The van der Waals surface area contributed by atoms with Crippen LogP contribution < -0.4 is 9.62 Å². The van der Waals surface area contributed by atoms with Crippen LogP contribution >= 0.6 is 11.6 Å². The molecule has 0 fully saturated rings. The number of sulfonamides is 1. The van der Waals surface area contributed by atoms with Crippen molar-refractivity contribution in [2.45, 2.75) is 66.1 Å². The lowest BCUT2D eigenvalue weighted by molar-refractivity contribution is -0.141. The molecule has 0 aliphatic heterocycles. The van der Waals surface area contributed by atoms with Crippen molar-refractivity contribution in [2.24, 2.45) is 0 Å². The van der Waals surface area contributed by atoms with Crippen LogP contribution in [0.2, 0.25) is 5.02 Å². The summed E-state index contributed by atoms with van der Waals surface area (Å²) in [5.41, 5.74) is 2.25. The lowest BCUT2D eigenvalue weighted by Crippen LogP contribution is -2.55. The topological polar surface area (TPSA) is 86.8 Å². The number of carbonyl (C=O) groups excluding carboxylic acids is 2. The molecule has 35 heavy (non-hydrogen) atoms. The van der Waals surface area contributed by atoms with Gasteiger partial charge in [-0.15, -0.1) is 0 Å². The number of anilines is 1. The van der Waals surface area contributed by atoms with Crippen molar-refractivity contribution in [1.29, 1.82) is 0 Å². The number of rotatable bonds is 9. The summed E-state index contributed by atoms with van der Waals surface area (Å²) >= 11 is 6.24. The van der Waals surface area contributed by atoms with Gasteiger partial charge in [0.15, 0.2) is 0 Å². The molecular weight excluding hydrogens is 486 g/mol. The molecule has 0 aliphatic carbocycles. The molecule has 2 rings (SSSR count). The van der Waals surface area contributed by atoms with E-state index in [1.165, 1.54) is 4.90 Å². The van der Waals surface area contributed by atoms with Crippen molar-refractivity contribution in [2.75, 3.05) is 17.1 Å². The monoisotopic (exact) mass is 521 g/mol. The lowest BCUT2D eigenvalue weighted by Gasteiger charge is -2.35. The normalized spacial score (nSPS) is 12.7. The van der Waals surface area contributed by atoms with Crippen LogP contribution in [0.1, 0.15) is 50.8 Å². The van der Waals surface area contributed by atoms with Crippen molar-refractivity contribution in [3.63, 3.8) is 0 Å². The van der Waals surface area contributed by atoms with E-state index in [1.54, 1.807) is 25.1 Å². The Balaban J connectivity index is 2.52. The van der Waals surface area contributed by atoms with Crippen molar-refractivity contribution in [3.8, 4) is 0 Å². The van der Waals surface area contributed by atoms with Gasteiger partial charge in [-0.3, -0.25) is 13.9 Å². The van der Waals surface area contributed by atoms with E-state index in [0.717, 1.165) is 21.7 Å². The zero-order valence-corrected chi connectivity index (χ0v) is 23.1. The third-order valence-electron chi connectivity index (χ3n) is 5.67. The molecule has 9 heteroatoms. The smallest absolute Gasteiger partial charge is 0.244 e. The highest BCUT2D eigenvalue weighted by molar-refractivity contribution is 7.92. The number of amides is 2. The van der Waals surface area contributed by atoms with Crippen molar-refractivity contribution in [1.82, 2.24) is 10.2 Å². The fourth-order valence-corrected chi connectivity index (χ4v) is 4.87. The van der Waals surface area contributed by atoms with E-state index in [0.29, 0.717) is 22.7 Å². The summed E-state index contributed by atoms with van der Waals surface area (Å²) in [5.74, 6) is -0.763. The number of nitrogens with one attached hydrogen (secondary N) is 1. The Morgan fingerprint density at radius 3 is 2.23 bits per heavy atom. The molecular formula is C26H36ClN3O4S. The first kappa shape index (κ1) is 28.7. The predicted molar refractivity (Wildman–Crippen MR) is 142 cm³/mol. The maximum absolute atomic E-state index is 13.8. The molecule has 0 unspecified atom stereocenters. The van der Waals surface area contributed by atoms with Gasteiger partial charge in [-0.1, -0.05) is 48.9 Å². The Morgan fingerprint density at radius 2 is 1.69 bits per heavy atom. The third kappa shape index (κ3) is 7.70. The van der Waals surface area contributed by atoms with Gasteiger partial charge >= 0.3 is 0 Å². The van der Waals surface area contributed by atoms with Gasteiger partial charge in [-0.05, 0) is 69.9 Å². The van der Waals surface area contributed by atoms with Gasteiger partial charge in [0.2, 0.25) is 21.8 Å². The molecule has 192 valence electrons. The summed E-state index contributed by atoms with van der Waals surface area (Å²) in [6, 6.07) is 11.8. The van der Waals surface area contributed by atoms with Gasteiger partial charge in [0.1, 0.15) is 12.6 Å².